The molecule has 4 rings (SSSR count). The van der Waals surface area contributed by atoms with Crippen molar-refractivity contribution >= 4 is 62.5 Å². The van der Waals surface area contributed by atoms with Gasteiger partial charge in [0.05, 0.1) is 30.1 Å². The minimum Gasteiger partial charge on any atom is -0.493 e. The van der Waals surface area contributed by atoms with Gasteiger partial charge in [-0.05, 0) is 76.2 Å². The predicted molar refractivity (Wildman–Crippen MR) is 136 cm³/mol. The number of halogens is 1. The largest absolute Gasteiger partial charge is 0.493 e. The van der Waals surface area contributed by atoms with Crippen LogP contribution >= 0.6 is 28.1 Å². The van der Waals surface area contributed by atoms with Crippen LogP contribution in [0.2, 0.25) is 0 Å². The molecule has 0 atom stereocenters. The number of amides is 2. The van der Waals surface area contributed by atoms with Crippen LogP contribution in [0.25, 0.3) is 6.08 Å². The van der Waals surface area contributed by atoms with E-state index in [-0.39, 0.29) is 10.7 Å². The van der Waals surface area contributed by atoms with Crippen LogP contribution in [0.4, 0.5) is 11.4 Å². The van der Waals surface area contributed by atoms with Crippen molar-refractivity contribution in [2.75, 3.05) is 24.0 Å². The van der Waals surface area contributed by atoms with E-state index in [1.165, 1.54) is 30.1 Å². The first kappa shape index (κ1) is 22.7. The first-order valence-electron chi connectivity index (χ1n) is 9.92. The molecule has 1 heterocycles. The van der Waals surface area contributed by atoms with E-state index in [4.69, 9.17) is 21.7 Å². The van der Waals surface area contributed by atoms with Crippen LogP contribution in [-0.2, 0) is 9.59 Å². The monoisotopic (exact) mass is 522 g/mol. The maximum Gasteiger partial charge on any atom is 0.270 e. The molecule has 166 valence electrons. The van der Waals surface area contributed by atoms with Gasteiger partial charge in [-0.25, -0.2) is 0 Å². The molecular formula is C25H19BrN2O4S. The van der Waals surface area contributed by atoms with Crippen molar-refractivity contribution < 1.29 is 19.1 Å². The second-order valence-corrected chi connectivity index (χ2v) is 8.25. The summed E-state index contributed by atoms with van der Waals surface area (Å²) in [6, 6.07) is 21.5. The number of carbonyl (C=O) groups excluding carboxylic acids is 2. The van der Waals surface area contributed by atoms with E-state index in [0.717, 1.165) is 0 Å². The van der Waals surface area contributed by atoms with Crippen molar-refractivity contribution in [1.82, 2.24) is 0 Å². The van der Waals surface area contributed by atoms with Crippen LogP contribution < -0.4 is 19.3 Å². The Hall–Kier alpha value is -3.49. The molecule has 1 aliphatic rings. The number of para-hydroxylation sites is 2. The van der Waals surface area contributed by atoms with Crippen molar-refractivity contribution in [3.63, 3.8) is 0 Å². The zero-order valence-electron chi connectivity index (χ0n) is 17.8. The number of thiocarbonyl (C=S) groups is 1. The average molecular weight is 523 g/mol. The third-order valence-corrected chi connectivity index (χ3v) is 6.00. The summed E-state index contributed by atoms with van der Waals surface area (Å²) in [6.07, 6.45) is 1.53. The minimum absolute atomic E-state index is 0.0320. The number of methoxy groups -OCH3 is 2. The first-order chi connectivity index (χ1) is 16.0. The molecule has 1 fully saturated rings. The maximum atomic E-state index is 13.5. The lowest BCUT2D eigenvalue weighted by molar-refractivity contribution is -0.120. The zero-order chi connectivity index (χ0) is 23.5. The Labute approximate surface area is 205 Å². The number of anilines is 2. The van der Waals surface area contributed by atoms with Crippen LogP contribution in [0, 0.1) is 0 Å². The van der Waals surface area contributed by atoms with Crippen LogP contribution in [0.5, 0.6) is 11.5 Å². The number of carbonyl (C=O) groups is 2. The summed E-state index contributed by atoms with van der Waals surface area (Å²) >= 11 is 9.07. The molecule has 1 aliphatic heterocycles. The zero-order valence-corrected chi connectivity index (χ0v) is 20.2. The number of hydrogen-bond acceptors (Lipinski definition) is 5. The Morgan fingerprint density at radius 2 is 1.33 bits per heavy atom. The van der Waals surface area contributed by atoms with Crippen molar-refractivity contribution in [1.29, 1.82) is 0 Å². The molecule has 0 aromatic heterocycles. The van der Waals surface area contributed by atoms with Gasteiger partial charge in [-0.3, -0.25) is 19.4 Å². The van der Waals surface area contributed by atoms with Crippen molar-refractivity contribution in [3.8, 4) is 11.5 Å². The number of benzene rings is 3. The first-order valence-corrected chi connectivity index (χ1v) is 11.1. The lowest BCUT2D eigenvalue weighted by Gasteiger charge is -2.36. The summed E-state index contributed by atoms with van der Waals surface area (Å²) < 4.78 is 11.4. The van der Waals surface area contributed by atoms with Gasteiger partial charge in [0.2, 0.25) is 0 Å². The van der Waals surface area contributed by atoms with Gasteiger partial charge in [0, 0.05) is 0 Å². The maximum absolute atomic E-state index is 13.5. The van der Waals surface area contributed by atoms with Crippen LogP contribution in [0.3, 0.4) is 0 Å². The second-order valence-electron chi connectivity index (χ2n) is 7.03. The molecule has 0 unspecified atom stereocenters. The molecule has 0 saturated carbocycles. The van der Waals surface area contributed by atoms with E-state index < -0.39 is 11.8 Å². The highest BCUT2D eigenvalue weighted by Crippen LogP contribution is 2.37. The van der Waals surface area contributed by atoms with E-state index in [1.54, 1.807) is 36.4 Å². The van der Waals surface area contributed by atoms with Gasteiger partial charge in [-0.15, -0.1) is 0 Å². The average Bonchev–Trinajstić information content (AvgIpc) is 2.83. The standard InChI is InChI=1S/C25H19BrN2O4S/c1-31-21-15-16(14-20(26)22(21)32-2)13-19-23(29)27(17-9-5-3-6-10-17)25(33)28(24(19)30)18-11-7-4-8-12-18/h3-15H,1-2H3. The lowest BCUT2D eigenvalue weighted by atomic mass is 10.0. The fourth-order valence-electron chi connectivity index (χ4n) is 3.53. The molecule has 0 aliphatic carbocycles. The summed E-state index contributed by atoms with van der Waals surface area (Å²) in [5.41, 5.74) is 1.70. The van der Waals surface area contributed by atoms with E-state index in [2.05, 4.69) is 15.9 Å². The molecule has 0 bridgehead atoms. The van der Waals surface area contributed by atoms with E-state index >= 15 is 0 Å². The Morgan fingerprint density at radius 3 is 1.79 bits per heavy atom. The summed E-state index contributed by atoms with van der Waals surface area (Å²) in [4.78, 5) is 29.8. The molecule has 0 spiro atoms. The van der Waals surface area contributed by atoms with E-state index in [9.17, 15) is 9.59 Å². The SMILES string of the molecule is COc1cc(C=C2C(=O)N(c3ccccc3)C(=S)N(c3ccccc3)C2=O)cc(Br)c1OC. The van der Waals surface area contributed by atoms with Gasteiger partial charge >= 0.3 is 0 Å². The highest BCUT2D eigenvalue weighted by Gasteiger charge is 2.41. The van der Waals surface area contributed by atoms with Crippen molar-refractivity contribution in [2.45, 2.75) is 0 Å². The second kappa shape index (κ2) is 9.56. The van der Waals surface area contributed by atoms with Crippen molar-refractivity contribution in [2.24, 2.45) is 0 Å². The van der Waals surface area contributed by atoms with Gasteiger partial charge in [0.25, 0.3) is 11.8 Å². The third kappa shape index (κ3) is 4.27. The summed E-state index contributed by atoms with van der Waals surface area (Å²) in [5, 5.41) is 0.0908. The molecule has 6 nitrogen and oxygen atoms in total. The Bertz CT molecular complexity index is 1200. The molecule has 3 aromatic carbocycles. The smallest absolute Gasteiger partial charge is 0.270 e. The van der Waals surface area contributed by atoms with E-state index in [0.29, 0.717) is 32.9 Å². The summed E-state index contributed by atoms with van der Waals surface area (Å²) in [7, 11) is 3.05. The molecule has 0 N–H and O–H groups in total. The van der Waals surface area contributed by atoms with Gasteiger partial charge in [0.1, 0.15) is 5.57 Å². The molecule has 8 heteroatoms. The summed E-state index contributed by atoms with van der Waals surface area (Å²) in [6.45, 7) is 0. The third-order valence-electron chi connectivity index (χ3n) is 5.05. The number of hydrogen-bond donors (Lipinski definition) is 0. The van der Waals surface area contributed by atoms with Crippen molar-refractivity contribution in [3.05, 3.63) is 88.4 Å². The number of ether oxygens (including phenoxy) is 2. The van der Waals surface area contributed by atoms with Crippen LogP contribution in [0.15, 0.2) is 82.8 Å². The number of nitrogens with zero attached hydrogens (tertiary/aromatic N) is 2. The minimum atomic E-state index is -0.505. The van der Waals surface area contributed by atoms with Crippen LogP contribution in [0.1, 0.15) is 5.56 Å². The predicted octanol–water partition coefficient (Wildman–Crippen LogP) is 5.21. The quantitative estimate of drug-likeness (QED) is 0.261. The fraction of sp³-hybridized carbons (Fsp3) is 0.0800. The highest BCUT2D eigenvalue weighted by atomic mass is 79.9. The van der Waals surface area contributed by atoms with Gasteiger partial charge in [0.15, 0.2) is 16.6 Å². The van der Waals surface area contributed by atoms with Gasteiger partial charge < -0.3 is 9.47 Å². The van der Waals surface area contributed by atoms with Gasteiger partial charge in [-0.1, -0.05) is 36.4 Å². The Kier molecular flexibility index (Phi) is 6.57. The Morgan fingerprint density at radius 1 is 0.818 bits per heavy atom. The van der Waals surface area contributed by atoms with Crippen LogP contribution in [-0.4, -0.2) is 31.1 Å². The molecule has 33 heavy (non-hydrogen) atoms. The fourth-order valence-corrected chi connectivity index (χ4v) is 4.53. The Balaban J connectivity index is 1.88. The molecule has 3 aromatic rings. The molecular weight excluding hydrogens is 504 g/mol. The molecule has 1 saturated heterocycles. The lowest BCUT2D eigenvalue weighted by Crippen LogP contribution is -2.56. The molecule has 2 amide bonds. The highest BCUT2D eigenvalue weighted by molar-refractivity contribution is 9.10. The topological polar surface area (TPSA) is 59.1 Å². The van der Waals surface area contributed by atoms with Gasteiger partial charge in [-0.2, -0.15) is 0 Å². The molecule has 0 radical (unpaired) electrons. The summed E-state index contributed by atoms with van der Waals surface area (Å²) in [5.74, 6) is -0.0349. The number of rotatable bonds is 5. The normalized spacial score (nSPS) is 13.9. The van der Waals surface area contributed by atoms with E-state index in [1.807, 2.05) is 36.4 Å².